The zero-order valence-electron chi connectivity index (χ0n) is 17.2. The Kier molecular flexibility index (Phi) is 6.06. The molecule has 1 aromatic carbocycles. The van der Waals surface area contributed by atoms with Gasteiger partial charge >= 0.3 is 5.69 Å². The van der Waals surface area contributed by atoms with E-state index in [0.717, 1.165) is 18.4 Å². The summed E-state index contributed by atoms with van der Waals surface area (Å²) in [6, 6.07) is 3.25. The van der Waals surface area contributed by atoms with Crippen LogP contribution in [0.4, 0.5) is 11.4 Å². The number of ether oxygens (including phenoxy) is 2. The Bertz CT molecular complexity index is 992. The number of benzene rings is 1. The highest BCUT2D eigenvalue weighted by Crippen LogP contribution is 2.42. The summed E-state index contributed by atoms with van der Waals surface area (Å²) in [6.45, 7) is 2.76. The SMILES string of the molecule is CC(COc1cc(-c2cnc3c(c2)CCCO3)c([N+](=O)[O-])c(N)c1C(N)=O)N(C)C. The van der Waals surface area contributed by atoms with Crippen LogP contribution in [0, 0.1) is 10.1 Å². The number of aryl methyl sites for hydroxylation is 1. The predicted octanol–water partition coefficient (Wildman–Crippen LogP) is 1.99. The molecule has 1 aliphatic rings. The number of pyridine rings is 1. The van der Waals surface area contributed by atoms with E-state index in [1.807, 2.05) is 25.9 Å². The Labute approximate surface area is 173 Å². The number of fused-ring (bicyclic) bond motifs is 1. The molecule has 1 unspecified atom stereocenters. The molecule has 0 aliphatic carbocycles. The minimum absolute atomic E-state index is 0.0214. The number of nitro benzene ring substituents is 1. The van der Waals surface area contributed by atoms with Gasteiger partial charge < -0.3 is 25.8 Å². The van der Waals surface area contributed by atoms with Gasteiger partial charge in [-0.15, -0.1) is 0 Å². The van der Waals surface area contributed by atoms with E-state index in [1.54, 1.807) is 6.07 Å². The number of nitrogen functional groups attached to an aromatic ring is 1. The summed E-state index contributed by atoms with van der Waals surface area (Å²) in [4.78, 5) is 29.5. The first-order valence-corrected chi connectivity index (χ1v) is 9.52. The van der Waals surface area contributed by atoms with Gasteiger partial charge in [-0.25, -0.2) is 4.98 Å². The first-order chi connectivity index (χ1) is 14.2. The Morgan fingerprint density at radius 1 is 1.43 bits per heavy atom. The number of likely N-dealkylation sites (N-methyl/N-ethyl adjacent to an activating group) is 1. The molecule has 1 aliphatic heterocycles. The van der Waals surface area contributed by atoms with Crippen molar-refractivity contribution in [2.75, 3.05) is 33.0 Å². The molecule has 0 saturated carbocycles. The van der Waals surface area contributed by atoms with Crippen molar-refractivity contribution in [2.45, 2.75) is 25.8 Å². The third-order valence-electron chi connectivity index (χ3n) is 5.16. The molecule has 2 heterocycles. The minimum Gasteiger partial charge on any atom is -0.491 e. The molecule has 1 atom stereocenters. The lowest BCUT2D eigenvalue weighted by Gasteiger charge is -2.22. The first kappa shape index (κ1) is 21.3. The number of primary amides is 1. The molecule has 0 fully saturated rings. The number of nitro groups is 1. The van der Waals surface area contributed by atoms with Crippen LogP contribution in [0.3, 0.4) is 0 Å². The average molecular weight is 415 g/mol. The van der Waals surface area contributed by atoms with Gasteiger partial charge in [0.05, 0.1) is 17.1 Å². The summed E-state index contributed by atoms with van der Waals surface area (Å²) in [6.07, 6.45) is 3.07. The summed E-state index contributed by atoms with van der Waals surface area (Å²) < 4.78 is 11.3. The van der Waals surface area contributed by atoms with Gasteiger partial charge in [0.25, 0.3) is 5.91 Å². The lowest BCUT2D eigenvalue weighted by molar-refractivity contribution is -0.383. The van der Waals surface area contributed by atoms with Gasteiger partial charge in [-0.3, -0.25) is 14.9 Å². The van der Waals surface area contributed by atoms with Crippen LogP contribution in [0.15, 0.2) is 18.3 Å². The number of anilines is 1. The fraction of sp³-hybridized carbons (Fsp3) is 0.400. The monoisotopic (exact) mass is 415 g/mol. The van der Waals surface area contributed by atoms with Gasteiger partial charge in [-0.1, -0.05) is 0 Å². The van der Waals surface area contributed by atoms with E-state index in [2.05, 4.69) is 4.98 Å². The zero-order chi connectivity index (χ0) is 22.0. The standard InChI is InChI=1S/C20H25N5O5/c1-11(24(2)3)10-30-15-8-14(18(25(27)28)17(21)16(15)19(22)26)13-7-12-5-4-6-29-20(12)23-9-13/h7-9,11H,4-6,10,21H2,1-3H3,(H2,22,26). The van der Waals surface area contributed by atoms with Crippen molar-refractivity contribution >= 4 is 17.3 Å². The highest BCUT2D eigenvalue weighted by molar-refractivity contribution is 6.05. The minimum atomic E-state index is -0.897. The summed E-state index contributed by atoms with van der Waals surface area (Å²) in [5, 5.41) is 11.8. The summed E-state index contributed by atoms with van der Waals surface area (Å²) in [5.74, 6) is -0.277. The lowest BCUT2D eigenvalue weighted by Crippen LogP contribution is -2.31. The number of carbonyl (C=O) groups is 1. The highest BCUT2D eigenvalue weighted by Gasteiger charge is 2.29. The van der Waals surface area contributed by atoms with Crippen LogP contribution >= 0.6 is 0 Å². The van der Waals surface area contributed by atoms with Gasteiger partial charge in [0.1, 0.15) is 23.6 Å². The van der Waals surface area contributed by atoms with Crippen LogP contribution in [0.25, 0.3) is 11.1 Å². The van der Waals surface area contributed by atoms with Gasteiger partial charge in [0.15, 0.2) is 0 Å². The summed E-state index contributed by atoms with van der Waals surface area (Å²) in [5.41, 5.74) is 12.1. The second-order valence-electron chi connectivity index (χ2n) is 7.44. The first-order valence-electron chi connectivity index (χ1n) is 9.52. The van der Waals surface area contributed by atoms with E-state index in [9.17, 15) is 14.9 Å². The van der Waals surface area contributed by atoms with Crippen molar-refractivity contribution < 1.29 is 19.2 Å². The quantitative estimate of drug-likeness (QED) is 0.396. The second-order valence-corrected chi connectivity index (χ2v) is 7.44. The molecule has 10 nitrogen and oxygen atoms in total. The van der Waals surface area contributed by atoms with Crippen molar-refractivity contribution in [2.24, 2.45) is 5.73 Å². The molecule has 4 N–H and O–H groups in total. The number of nitrogens with zero attached hydrogens (tertiary/aromatic N) is 3. The van der Waals surface area contributed by atoms with Gasteiger partial charge in [0, 0.05) is 23.4 Å². The highest BCUT2D eigenvalue weighted by atomic mass is 16.6. The fourth-order valence-corrected chi connectivity index (χ4v) is 3.20. The van der Waals surface area contributed by atoms with Crippen LogP contribution in [0.1, 0.15) is 29.3 Å². The second kappa shape index (κ2) is 8.54. The molecule has 3 rings (SSSR count). The molecule has 0 spiro atoms. The van der Waals surface area contributed by atoms with Crippen molar-refractivity contribution in [1.82, 2.24) is 9.88 Å². The summed E-state index contributed by atoms with van der Waals surface area (Å²) in [7, 11) is 3.78. The molecule has 0 saturated heterocycles. The van der Waals surface area contributed by atoms with E-state index in [0.29, 0.717) is 18.1 Å². The van der Waals surface area contributed by atoms with Gasteiger partial charge in [0.2, 0.25) is 5.88 Å². The number of hydrogen-bond acceptors (Lipinski definition) is 8. The maximum absolute atomic E-state index is 12.0. The molecular formula is C20H25N5O5. The Hall–Kier alpha value is -3.40. The predicted molar refractivity (Wildman–Crippen MR) is 112 cm³/mol. The normalized spacial score (nSPS) is 14.0. The van der Waals surface area contributed by atoms with E-state index < -0.39 is 16.5 Å². The number of hydrogen-bond donors (Lipinski definition) is 2. The molecule has 2 aromatic rings. The fourth-order valence-electron chi connectivity index (χ4n) is 3.20. The largest absolute Gasteiger partial charge is 0.491 e. The maximum Gasteiger partial charge on any atom is 0.301 e. The van der Waals surface area contributed by atoms with E-state index >= 15 is 0 Å². The van der Waals surface area contributed by atoms with Crippen LogP contribution in [-0.2, 0) is 6.42 Å². The number of carbonyl (C=O) groups excluding carboxylic acids is 1. The molecule has 0 bridgehead atoms. The Balaban J connectivity index is 2.16. The zero-order valence-corrected chi connectivity index (χ0v) is 17.2. The topological polar surface area (TPSA) is 147 Å². The summed E-state index contributed by atoms with van der Waals surface area (Å²) >= 11 is 0. The third kappa shape index (κ3) is 4.13. The Morgan fingerprint density at radius 2 is 2.17 bits per heavy atom. The number of amides is 1. The van der Waals surface area contributed by atoms with E-state index in [4.69, 9.17) is 20.9 Å². The van der Waals surface area contributed by atoms with Crippen LogP contribution < -0.4 is 20.9 Å². The molecule has 1 aromatic heterocycles. The number of nitrogens with two attached hydrogens (primary N) is 2. The van der Waals surface area contributed by atoms with Gasteiger partial charge in [-0.05, 0) is 46.0 Å². The third-order valence-corrected chi connectivity index (χ3v) is 5.16. The smallest absolute Gasteiger partial charge is 0.301 e. The maximum atomic E-state index is 12.0. The van der Waals surface area contributed by atoms with Crippen molar-refractivity contribution in [3.05, 3.63) is 39.6 Å². The average Bonchev–Trinajstić information content (AvgIpc) is 2.70. The van der Waals surface area contributed by atoms with Crippen molar-refractivity contribution in [1.29, 1.82) is 0 Å². The molecular weight excluding hydrogens is 390 g/mol. The molecule has 1 amide bonds. The van der Waals surface area contributed by atoms with Crippen LogP contribution in [0.5, 0.6) is 11.6 Å². The van der Waals surface area contributed by atoms with Crippen molar-refractivity contribution in [3.8, 4) is 22.8 Å². The molecule has 160 valence electrons. The lowest BCUT2D eigenvalue weighted by atomic mass is 9.97. The number of rotatable bonds is 7. The van der Waals surface area contributed by atoms with E-state index in [1.165, 1.54) is 12.3 Å². The van der Waals surface area contributed by atoms with Gasteiger partial charge in [-0.2, -0.15) is 0 Å². The molecule has 30 heavy (non-hydrogen) atoms. The van der Waals surface area contributed by atoms with Crippen LogP contribution in [-0.4, -0.2) is 54.1 Å². The number of aromatic nitrogens is 1. The molecule has 10 heteroatoms. The van der Waals surface area contributed by atoms with Crippen LogP contribution in [0.2, 0.25) is 0 Å². The molecule has 0 radical (unpaired) electrons. The van der Waals surface area contributed by atoms with E-state index in [-0.39, 0.29) is 35.2 Å². The Morgan fingerprint density at radius 3 is 2.80 bits per heavy atom. The van der Waals surface area contributed by atoms with Crippen molar-refractivity contribution in [3.63, 3.8) is 0 Å².